The number of carboxylic acid groups (broad SMARTS) is 1. The van der Waals surface area contributed by atoms with Crippen LogP contribution in [0.15, 0.2) is 28.0 Å². The summed E-state index contributed by atoms with van der Waals surface area (Å²) in [5.74, 6) is -2.86. The number of hydrogen-bond acceptors (Lipinski definition) is 4. The van der Waals surface area contributed by atoms with Crippen molar-refractivity contribution in [3.8, 4) is 0 Å². The lowest BCUT2D eigenvalue weighted by atomic mass is 10.0. The van der Waals surface area contributed by atoms with E-state index < -0.39 is 34.3 Å². The Morgan fingerprint density at radius 2 is 2.04 bits per heavy atom. The fourth-order valence-corrected chi connectivity index (χ4v) is 3.84. The number of halogens is 2. The molecule has 23 heavy (non-hydrogen) atoms. The highest BCUT2D eigenvalue weighted by molar-refractivity contribution is 8.00. The van der Waals surface area contributed by atoms with E-state index in [2.05, 4.69) is 9.97 Å². The van der Waals surface area contributed by atoms with Gasteiger partial charge in [-0.2, -0.15) is 0 Å². The summed E-state index contributed by atoms with van der Waals surface area (Å²) in [6.07, 6.45) is -0.215. The van der Waals surface area contributed by atoms with Crippen LogP contribution in [0.5, 0.6) is 0 Å². The molecular weight excluding hydrogens is 326 g/mol. The number of fused-ring (bicyclic) bond motifs is 1. The van der Waals surface area contributed by atoms with Crippen molar-refractivity contribution in [2.45, 2.75) is 29.5 Å². The lowest BCUT2D eigenvalue weighted by Crippen LogP contribution is -2.23. The molecule has 2 heterocycles. The maximum Gasteiger partial charge on any atom is 0.317 e. The first-order valence-electron chi connectivity index (χ1n) is 6.84. The van der Waals surface area contributed by atoms with E-state index in [1.165, 1.54) is 6.07 Å². The average Bonchev–Trinajstić information content (AvgIpc) is 2.81. The zero-order chi connectivity index (χ0) is 16.7. The van der Waals surface area contributed by atoms with Crippen molar-refractivity contribution in [3.05, 3.63) is 57.1 Å². The lowest BCUT2D eigenvalue weighted by Gasteiger charge is -2.08. The molecule has 0 radical (unpaired) electrons. The molecule has 2 unspecified atom stereocenters. The molecule has 1 aromatic carbocycles. The van der Waals surface area contributed by atoms with Crippen molar-refractivity contribution in [2.24, 2.45) is 0 Å². The maximum atomic E-state index is 13.7. The quantitative estimate of drug-likeness (QED) is 0.839. The Labute approximate surface area is 133 Å². The second-order valence-corrected chi connectivity index (χ2v) is 6.40. The van der Waals surface area contributed by atoms with Gasteiger partial charge in [-0.1, -0.05) is 24.8 Å². The van der Waals surface area contributed by atoms with Crippen molar-refractivity contribution in [1.82, 2.24) is 9.97 Å². The van der Waals surface area contributed by atoms with E-state index in [0.29, 0.717) is 10.6 Å². The molecule has 1 aliphatic rings. The summed E-state index contributed by atoms with van der Waals surface area (Å²) in [7, 11) is 0. The Morgan fingerprint density at radius 3 is 2.65 bits per heavy atom. The van der Waals surface area contributed by atoms with Crippen LogP contribution in [0.3, 0.4) is 0 Å². The van der Waals surface area contributed by atoms with E-state index in [9.17, 15) is 18.4 Å². The number of hydrogen-bond donors (Lipinski definition) is 2. The summed E-state index contributed by atoms with van der Waals surface area (Å²) < 4.78 is 27.4. The van der Waals surface area contributed by atoms with Crippen LogP contribution >= 0.6 is 11.8 Å². The summed E-state index contributed by atoms with van der Waals surface area (Å²) in [6.45, 7) is 1.64. The molecule has 0 saturated carbocycles. The van der Waals surface area contributed by atoms with Gasteiger partial charge in [-0.25, -0.2) is 13.8 Å². The minimum Gasteiger partial charge on any atom is -0.480 e. The SMILES string of the molecule is CC1c2c(nc(Cc3c(F)cccc3F)[nH]c2=O)SC1C(=O)O. The second kappa shape index (κ2) is 5.77. The average molecular weight is 338 g/mol. The molecule has 120 valence electrons. The van der Waals surface area contributed by atoms with Gasteiger partial charge < -0.3 is 10.1 Å². The third-order valence-corrected chi connectivity index (χ3v) is 5.17. The first-order chi connectivity index (χ1) is 10.9. The fourth-order valence-electron chi connectivity index (χ4n) is 2.59. The molecule has 2 aromatic rings. The molecule has 2 N–H and O–H groups in total. The summed E-state index contributed by atoms with van der Waals surface area (Å²) in [4.78, 5) is 30.1. The predicted molar refractivity (Wildman–Crippen MR) is 79.7 cm³/mol. The van der Waals surface area contributed by atoms with Crippen LogP contribution in [0.4, 0.5) is 8.78 Å². The van der Waals surface area contributed by atoms with E-state index in [-0.39, 0.29) is 17.8 Å². The van der Waals surface area contributed by atoms with Crippen molar-refractivity contribution >= 4 is 17.7 Å². The van der Waals surface area contributed by atoms with Crippen molar-refractivity contribution < 1.29 is 18.7 Å². The molecule has 1 aromatic heterocycles. The monoisotopic (exact) mass is 338 g/mol. The van der Waals surface area contributed by atoms with Gasteiger partial charge >= 0.3 is 5.97 Å². The van der Waals surface area contributed by atoms with Gasteiger partial charge in [-0.3, -0.25) is 9.59 Å². The minimum atomic E-state index is -1.03. The molecule has 3 rings (SSSR count). The lowest BCUT2D eigenvalue weighted by molar-refractivity contribution is -0.136. The van der Waals surface area contributed by atoms with Crippen LogP contribution in [0.25, 0.3) is 0 Å². The number of aromatic amines is 1. The zero-order valence-electron chi connectivity index (χ0n) is 12.0. The predicted octanol–water partition coefficient (Wildman–Crippen LogP) is 2.30. The summed E-state index contributed by atoms with van der Waals surface area (Å²) in [6, 6.07) is 3.50. The second-order valence-electron chi connectivity index (χ2n) is 5.27. The Kier molecular flexibility index (Phi) is 3.93. The molecule has 5 nitrogen and oxygen atoms in total. The summed E-state index contributed by atoms with van der Waals surface area (Å²) >= 11 is 0.982. The molecule has 8 heteroatoms. The third-order valence-electron chi connectivity index (χ3n) is 3.77. The number of carbonyl (C=O) groups is 1. The first kappa shape index (κ1) is 15.7. The van der Waals surface area contributed by atoms with Gasteiger partial charge in [-0.15, -0.1) is 0 Å². The number of rotatable bonds is 3. The van der Waals surface area contributed by atoms with Gasteiger partial charge in [0.2, 0.25) is 0 Å². The zero-order valence-corrected chi connectivity index (χ0v) is 12.8. The van der Waals surface area contributed by atoms with Gasteiger partial charge in [0.25, 0.3) is 5.56 Å². The van der Waals surface area contributed by atoms with Crippen LogP contribution in [0.1, 0.15) is 29.8 Å². The molecular formula is C15H12F2N2O3S. The molecule has 0 aliphatic carbocycles. The number of benzene rings is 1. The van der Waals surface area contributed by atoms with Crippen molar-refractivity contribution in [3.63, 3.8) is 0 Å². The number of carboxylic acids is 1. The number of nitrogens with one attached hydrogen (secondary N) is 1. The number of thioether (sulfide) groups is 1. The van der Waals surface area contributed by atoms with Gasteiger partial charge in [0.05, 0.1) is 5.56 Å². The smallest absolute Gasteiger partial charge is 0.317 e. The minimum absolute atomic E-state index is 0.100. The molecule has 0 bridgehead atoms. The highest BCUT2D eigenvalue weighted by Gasteiger charge is 2.38. The normalized spacial score (nSPS) is 19.6. The molecule has 2 atom stereocenters. The highest BCUT2D eigenvalue weighted by atomic mass is 32.2. The number of H-pyrrole nitrogens is 1. The molecule has 0 saturated heterocycles. The number of nitrogens with zero attached hydrogens (tertiary/aromatic N) is 1. The van der Waals surface area contributed by atoms with E-state index in [0.717, 1.165) is 23.9 Å². The first-order valence-corrected chi connectivity index (χ1v) is 7.72. The van der Waals surface area contributed by atoms with E-state index in [4.69, 9.17) is 5.11 Å². The molecule has 0 fully saturated rings. The van der Waals surface area contributed by atoms with Gasteiger partial charge in [0, 0.05) is 17.9 Å². The number of aromatic nitrogens is 2. The summed E-state index contributed by atoms with van der Waals surface area (Å²) in [5.41, 5.74) is -0.355. The number of aliphatic carboxylic acids is 1. The Balaban J connectivity index is 2.00. The standard InChI is InChI=1S/C15H12F2N2O3S/c1-6-11-13(20)18-10(19-14(11)23-12(6)15(21)22)5-7-8(16)3-2-4-9(7)17/h2-4,6,12H,5H2,1H3,(H,21,22)(H,18,19,20). The van der Waals surface area contributed by atoms with Crippen LogP contribution in [0, 0.1) is 11.6 Å². The Morgan fingerprint density at radius 1 is 1.39 bits per heavy atom. The van der Waals surface area contributed by atoms with Crippen LogP contribution in [-0.2, 0) is 11.2 Å². The fraction of sp³-hybridized carbons (Fsp3) is 0.267. The van der Waals surface area contributed by atoms with Gasteiger partial charge in [0.15, 0.2) is 0 Å². The van der Waals surface area contributed by atoms with Crippen LogP contribution < -0.4 is 5.56 Å². The van der Waals surface area contributed by atoms with Crippen molar-refractivity contribution in [2.75, 3.05) is 0 Å². The van der Waals surface area contributed by atoms with E-state index in [1.807, 2.05) is 0 Å². The maximum absolute atomic E-state index is 13.7. The van der Waals surface area contributed by atoms with E-state index in [1.54, 1.807) is 6.92 Å². The third kappa shape index (κ3) is 2.74. The highest BCUT2D eigenvalue weighted by Crippen LogP contribution is 2.42. The topological polar surface area (TPSA) is 83.0 Å². The van der Waals surface area contributed by atoms with E-state index >= 15 is 0 Å². The molecule has 0 amide bonds. The summed E-state index contributed by atoms with van der Waals surface area (Å²) in [5, 5.41) is 8.68. The van der Waals surface area contributed by atoms with Crippen molar-refractivity contribution in [1.29, 1.82) is 0 Å². The Bertz CT molecular complexity index is 833. The van der Waals surface area contributed by atoms with Crippen LogP contribution in [0.2, 0.25) is 0 Å². The Hall–Kier alpha value is -2.22. The molecule has 1 aliphatic heterocycles. The van der Waals surface area contributed by atoms with Crippen LogP contribution in [-0.4, -0.2) is 26.3 Å². The molecule has 0 spiro atoms. The largest absolute Gasteiger partial charge is 0.480 e. The van der Waals surface area contributed by atoms with Gasteiger partial charge in [0.1, 0.15) is 27.7 Å². The van der Waals surface area contributed by atoms with Gasteiger partial charge in [-0.05, 0) is 12.1 Å².